The molecule has 1 heterocycles. The third kappa shape index (κ3) is 3.20. The average molecular weight is 270 g/mol. The first-order valence-electron chi connectivity index (χ1n) is 6.07. The van der Waals surface area contributed by atoms with Crippen LogP contribution in [0.25, 0.3) is 0 Å². The van der Waals surface area contributed by atoms with Crippen LogP contribution >= 0.6 is 0 Å². The van der Waals surface area contributed by atoms with E-state index < -0.39 is 5.97 Å². The molecule has 0 atom stereocenters. The van der Waals surface area contributed by atoms with Crippen LogP contribution in [0.5, 0.6) is 0 Å². The molecule has 0 aliphatic heterocycles. The summed E-state index contributed by atoms with van der Waals surface area (Å²) in [6, 6.07) is 10.3. The third-order valence-corrected chi connectivity index (χ3v) is 2.87. The number of benzene rings is 1. The Balaban J connectivity index is 2.23. The first kappa shape index (κ1) is 13.7. The summed E-state index contributed by atoms with van der Waals surface area (Å²) in [6.07, 6.45) is 3.03. The van der Waals surface area contributed by atoms with Gasteiger partial charge in [-0.15, -0.1) is 0 Å². The normalized spacial score (nSPS) is 10.1. The zero-order valence-electron chi connectivity index (χ0n) is 11.0. The van der Waals surface area contributed by atoms with Crippen LogP contribution in [0.4, 0.5) is 5.69 Å². The third-order valence-electron chi connectivity index (χ3n) is 2.87. The molecule has 0 unspecified atom stereocenters. The summed E-state index contributed by atoms with van der Waals surface area (Å²) < 4.78 is 0. The molecule has 0 fully saturated rings. The lowest BCUT2D eigenvalue weighted by Gasteiger charge is -2.17. The number of amides is 1. The van der Waals surface area contributed by atoms with E-state index in [4.69, 9.17) is 5.11 Å². The number of anilines is 1. The van der Waals surface area contributed by atoms with E-state index in [1.165, 1.54) is 11.1 Å². The van der Waals surface area contributed by atoms with Gasteiger partial charge in [0.1, 0.15) is 0 Å². The Kier molecular flexibility index (Phi) is 4.10. The van der Waals surface area contributed by atoms with Crippen molar-refractivity contribution in [1.29, 1.82) is 0 Å². The number of aliphatic carboxylic acids is 1. The van der Waals surface area contributed by atoms with Gasteiger partial charge in [-0.25, -0.2) is 0 Å². The molecule has 2 aromatic rings. The lowest BCUT2D eigenvalue weighted by molar-refractivity contribution is -0.136. The number of pyridine rings is 1. The van der Waals surface area contributed by atoms with Gasteiger partial charge in [0.2, 0.25) is 0 Å². The van der Waals surface area contributed by atoms with Crippen LogP contribution in [-0.4, -0.2) is 29.0 Å². The highest BCUT2D eigenvalue weighted by Gasteiger charge is 2.14. The van der Waals surface area contributed by atoms with Crippen molar-refractivity contribution in [1.82, 2.24) is 4.98 Å². The number of hydrogen-bond acceptors (Lipinski definition) is 3. The van der Waals surface area contributed by atoms with Crippen LogP contribution in [0.15, 0.2) is 48.8 Å². The van der Waals surface area contributed by atoms with Crippen molar-refractivity contribution in [3.63, 3.8) is 0 Å². The van der Waals surface area contributed by atoms with Crippen molar-refractivity contribution in [2.75, 3.05) is 11.9 Å². The van der Waals surface area contributed by atoms with Crippen molar-refractivity contribution in [2.24, 2.45) is 0 Å². The van der Waals surface area contributed by atoms with Crippen molar-refractivity contribution in [3.8, 4) is 0 Å². The lowest BCUT2D eigenvalue weighted by atomic mass is 10.1. The fourth-order valence-corrected chi connectivity index (χ4v) is 1.85. The minimum Gasteiger partial charge on any atom is -0.481 e. The quantitative estimate of drug-likeness (QED) is 0.922. The fourth-order valence-electron chi connectivity index (χ4n) is 1.85. The van der Waals surface area contributed by atoms with E-state index in [9.17, 15) is 9.59 Å². The molecule has 1 aromatic heterocycles. The van der Waals surface area contributed by atoms with Gasteiger partial charge in [-0.1, -0.05) is 12.1 Å². The van der Waals surface area contributed by atoms with Gasteiger partial charge in [-0.3, -0.25) is 14.6 Å². The van der Waals surface area contributed by atoms with Crippen molar-refractivity contribution >= 4 is 17.6 Å². The predicted molar refractivity (Wildman–Crippen MR) is 74.8 cm³/mol. The maximum absolute atomic E-state index is 12.2. The summed E-state index contributed by atoms with van der Waals surface area (Å²) in [5.41, 5.74) is 1.79. The largest absolute Gasteiger partial charge is 0.481 e. The van der Waals surface area contributed by atoms with Crippen LogP contribution in [0.1, 0.15) is 15.9 Å². The SMILES string of the molecule is CN(C(=O)c1cccnc1)c1cccc(CC(=O)O)c1. The predicted octanol–water partition coefficient (Wildman–Crippen LogP) is 1.99. The Labute approximate surface area is 116 Å². The molecule has 0 radical (unpaired) electrons. The van der Waals surface area contributed by atoms with Crippen LogP contribution in [0.3, 0.4) is 0 Å². The minimum atomic E-state index is -0.900. The molecular weight excluding hydrogens is 256 g/mol. The second kappa shape index (κ2) is 5.97. The zero-order valence-corrected chi connectivity index (χ0v) is 11.0. The molecule has 0 aliphatic rings. The molecule has 5 heteroatoms. The fraction of sp³-hybridized carbons (Fsp3) is 0.133. The summed E-state index contributed by atoms with van der Waals surface area (Å²) in [7, 11) is 1.65. The average Bonchev–Trinajstić information content (AvgIpc) is 2.46. The number of carbonyl (C=O) groups excluding carboxylic acids is 1. The van der Waals surface area contributed by atoms with Gasteiger partial charge in [0, 0.05) is 25.1 Å². The summed E-state index contributed by atoms with van der Waals surface area (Å²) in [6.45, 7) is 0. The molecule has 1 aromatic carbocycles. The Morgan fingerprint density at radius 3 is 2.70 bits per heavy atom. The number of rotatable bonds is 4. The molecular formula is C15H14N2O3. The number of carboxylic acid groups (broad SMARTS) is 1. The van der Waals surface area contributed by atoms with Gasteiger partial charge < -0.3 is 10.0 Å². The Bertz CT molecular complexity index is 626. The number of carboxylic acids is 1. The standard InChI is InChI=1S/C15H14N2O3/c1-17(15(20)12-5-3-7-16-10-12)13-6-2-4-11(8-13)9-14(18)19/h2-8,10H,9H2,1H3,(H,18,19). The molecule has 2 rings (SSSR count). The van der Waals surface area contributed by atoms with Crippen molar-refractivity contribution in [3.05, 3.63) is 59.9 Å². The van der Waals surface area contributed by atoms with E-state index in [0.717, 1.165) is 0 Å². The summed E-state index contributed by atoms with van der Waals surface area (Å²) in [5.74, 6) is -1.09. The van der Waals surface area contributed by atoms with E-state index in [1.54, 1.807) is 49.6 Å². The van der Waals surface area contributed by atoms with Crippen LogP contribution in [-0.2, 0) is 11.2 Å². The van der Waals surface area contributed by atoms with Gasteiger partial charge in [-0.05, 0) is 29.8 Å². The molecule has 0 aliphatic carbocycles. The number of aromatic nitrogens is 1. The van der Waals surface area contributed by atoms with E-state index in [1.807, 2.05) is 0 Å². The number of hydrogen-bond donors (Lipinski definition) is 1. The zero-order chi connectivity index (χ0) is 14.5. The Hall–Kier alpha value is -2.69. The molecule has 0 bridgehead atoms. The topological polar surface area (TPSA) is 70.5 Å². The van der Waals surface area contributed by atoms with E-state index in [2.05, 4.69) is 4.98 Å². The number of nitrogens with zero attached hydrogens (tertiary/aromatic N) is 2. The Morgan fingerprint density at radius 1 is 1.25 bits per heavy atom. The van der Waals surface area contributed by atoms with Crippen LogP contribution < -0.4 is 4.90 Å². The van der Waals surface area contributed by atoms with Gasteiger partial charge in [0.15, 0.2) is 0 Å². The van der Waals surface area contributed by atoms with Crippen LogP contribution in [0.2, 0.25) is 0 Å². The molecule has 0 saturated heterocycles. The van der Waals surface area contributed by atoms with Crippen molar-refractivity contribution in [2.45, 2.75) is 6.42 Å². The monoisotopic (exact) mass is 270 g/mol. The van der Waals surface area contributed by atoms with Gasteiger partial charge >= 0.3 is 5.97 Å². The highest BCUT2D eigenvalue weighted by atomic mass is 16.4. The van der Waals surface area contributed by atoms with Gasteiger partial charge in [0.25, 0.3) is 5.91 Å². The highest BCUT2D eigenvalue weighted by Crippen LogP contribution is 2.17. The first-order chi connectivity index (χ1) is 9.58. The maximum Gasteiger partial charge on any atom is 0.307 e. The van der Waals surface area contributed by atoms with E-state index in [-0.39, 0.29) is 12.3 Å². The molecule has 1 N–H and O–H groups in total. The summed E-state index contributed by atoms with van der Waals surface area (Å²) in [4.78, 5) is 28.4. The second-order valence-electron chi connectivity index (χ2n) is 4.35. The second-order valence-corrected chi connectivity index (χ2v) is 4.35. The Morgan fingerprint density at radius 2 is 2.05 bits per heavy atom. The minimum absolute atomic E-state index is 0.0667. The van der Waals surface area contributed by atoms with E-state index >= 15 is 0 Å². The maximum atomic E-state index is 12.2. The summed E-state index contributed by atoms with van der Waals surface area (Å²) >= 11 is 0. The first-order valence-corrected chi connectivity index (χ1v) is 6.07. The van der Waals surface area contributed by atoms with Gasteiger partial charge in [-0.2, -0.15) is 0 Å². The smallest absolute Gasteiger partial charge is 0.307 e. The molecule has 20 heavy (non-hydrogen) atoms. The summed E-state index contributed by atoms with van der Waals surface area (Å²) in [5, 5.41) is 8.79. The van der Waals surface area contributed by atoms with Gasteiger partial charge in [0.05, 0.1) is 12.0 Å². The van der Waals surface area contributed by atoms with E-state index in [0.29, 0.717) is 16.8 Å². The highest BCUT2D eigenvalue weighted by molar-refractivity contribution is 6.05. The molecule has 102 valence electrons. The molecule has 5 nitrogen and oxygen atoms in total. The molecule has 1 amide bonds. The lowest BCUT2D eigenvalue weighted by Crippen LogP contribution is -2.26. The number of carbonyl (C=O) groups is 2. The molecule has 0 spiro atoms. The van der Waals surface area contributed by atoms with Crippen LogP contribution in [0, 0.1) is 0 Å². The molecule has 0 saturated carbocycles. The van der Waals surface area contributed by atoms with Crippen molar-refractivity contribution < 1.29 is 14.7 Å².